The molecule has 4 heteroatoms. The maximum atomic E-state index is 11.9. The van der Waals surface area contributed by atoms with Gasteiger partial charge in [0.25, 0.3) is 6.43 Å². The van der Waals surface area contributed by atoms with Crippen molar-refractivity contribution >= 4 is 11.3 Å². The average Bonchev–Trinajstić information content (AvgIpc) is 2.39. The fraction of sp³-hybridized carbons (Fsp3) is 0.429. The van der Waals surface area contributed by atoms with Gasteiger partial charge in [0.2, 0.25) is 0 Å². The summed E-state index contributed by atoms with van der Waals surface area (Å²) in [6, 6.07) is 2.62. The number of alkyl halides is 2. The van der Waals surface area contributed by atoms with E-state index in [9.17, 15) is 8.78 Å². The minimum absolute atomic E-state index is 0.273. The van der Waals surface area contributed by atoms with Gasteiger partial charge in [-0.1, -0.05) is 6.07 Å². The Labute approximate surface area is 67.8 Å². The summed E-state index contributed by atoms with van der Waals surface area (Å²) < 4.78 is 23.8. The van der Waals surface area contributed by atoms with E-state index in [0.717, 1.165) is 4.88 Å². The Kier molecular flexibility index (Phi) is 2.96. The summed E-state index contributed by atoms with van der Waals surface area (Å²) in [6.45, 7) is 0. The van der Waals surface area contributed by atoms with Gasteiger partial charge >= 0.3 is 0 Å². The van der Waals surface area contributed by atoms with Crippen LogP contribution in [0.4, 0.5) is 8.78 Å². The van der Waals surface area contributed by atoms with Crippen LogP contribution in [0.15, 0.2) is 17.5 Å². The number of thiophene rings is 1. The number of hydrogen-bond acceptors (Lipinski definition) is 2. The molecule has 1 heterocycles. The summed E-state index contributed by atoms with van der Waals surface area (Å²) in [4.78, 5) is 0.915. The van der Waals surface area contributed by atoms with Gasteiger partial charge in [-0.3, -0.25) is 0 Å². The van der Waals surface area contributed by atoms with E-state index in [1.165, 1.54) is 11.3 Å². The second kappa shape index (κ2) is 3.78. The smallest absolute Gasteiger partial charge is 0.253 e. The highest BCUT2D eigenvalue weighted by atomic mass is 32.1. The summed E-state index contributed by atoms with van der Waals surface area (Å²) in [5, 5.41) is 1.85. The topological polar surface area (TPSA) is 26.0 Å². The predicted octanol–water partition coefficient (Wildman–Crippen LogP) is 1.88. The van der Waals surface area contributed by atoms with Gasteiger partial charge in [0.1, 0.15) is 0 Å². The van der Waals surface area contributed by atoms with Gasteiger partial charge in [-0.15, -0.1) is 11.3 Å². The molecule has 0 saturated carbocycles. The molecule has 1 aromatic rings. The molecule has 0 aromatic carbocycles. The van der Waals surface area contributed by atoms with Crippen LogP contribution in [0.5, 0.6) is 0 Å². The lowest BCUT2D eigenvalue weighted by atomic mass is 10.2. The van der Waals surface area contributed by atoms with Crippen molar-refractivity contribution in [2.75, 3.05) is 0 Å². The molecule has 0 fully saturated rings. The Balaban J connectivity index is 2.43. The van der Waals surface area contributed by atoms with Crippen LogP contribution < -0.4 is 5.73 Å². The molecule has 0 radical (unpaired) electrons. The normalized spacial score (nSPS) is 13.8. The van der Waals surface area contributed by atoms with Gasteiger partial charge in [0, 0.05) is 11.3 Å². The molecule has 62 valence electrons. The molecule has 0 aliphatic carbocycles. The van der Waals surface area contributed by atoms with Crippen molar-refractivity contribution in [3.05, 3.63) is 22.4 Å². The Morgan fingerprint density at radius 1 is 1.55 bits per heavy atom. The molecule has 0 aliphatic rings. The Morgan fingerprint density at radius 2 is 2.27 bits per heavy atom. The third-order valence-electron chi connectivity index (χ3n) is 1.34. The largest absolute Gasteiger partial charge is 0.323 e. The molecule has 0 spiro atoms. The first kappa shape index (κ1) is 8.62. The van der Waals surface area contributed by atoms with Crippen molar-refractivity contribution < 1.29 is 8.78 Å². The second-order valence-electron chi connectivity index (χ2n) is 2.28. The van der Waals surface area contributed by atoms with Crippen LogP contribution in [-0.4, -0.2) is 12.5 Å². The zero-order valence-electron chi connectivity index (χ0n) is 5.84. The molecule has 1 nitrogen and oxygen atoms in total. The van der Waals surface area contributed by atoms with E-state index >= 15 is 0 Å². The van der Waals surface area contributed by atoms with E-state index in [1.54, 1.807) is 0 Å². The van der Waals surface area contributed by atoms with Crippen LogP contribution in [0, 0.1) is 0 Å². The first-order valence-corrected chi connectivity index (χ1v) is 4.14. The van der Waals surface area contributed by atoms with Gasteiger partial charge in [0.15, 0.2) is 0 Å². The summed E-state index contributed by atoms with van der Waals surface area (Å²) in [6.07, 6.45) is -2.15. The molecule has 1 unspecified atom stereocenters. The number of nitrogens with two attached hydrogens (primary N) is 1. The zero-order chi connectivity index (χ0) is 8.27. The van der Waals surface area contributed by atoms with Gasteiger partial charge in [-0.2, -0.15) is 0 Å². The van der Waals surface area contributed by atoms with Crippen molar-refractivity contribution in [3.63, 3.8) is 0 Å². The summed E-state index contributed by atoms with van der Waals surface area (Å²) in [7, 11) is 0. The Hall–Kier alpha value is -0.480. The lowest BCUT2D eigenvalue weighted by Crippen LogP contribution is -2.30. The minimum Gasteiger partial charge on any atom is -0.323 e. The van der Waals surface area contributed by atoms with Crippen molar-refractivity contribution in [1.82, 2.24) is 0 Å². The van der Waals surface area contributed by atoms with E-state index in [4.69, 9.17) is 5.73 Å². The molecule has 2 N–H and O–H groups in total. The lowest BCUT2D eigenvalue weighted by molar-refractivity contribution is 0.116. The molecule has 1 atom stereocenters. The Bertz CT molecular complexity index is 198. The zero-order valence-corrected chi connectivity index (χ0v) is 6.65. The van der Waals surface area contributed by atoms with Crippen molar-refractivity contribution in [3.8, 4) is 0 Å². The fourth-order valence-electron chi connectivity index (χ4n) is 0.750. The number of hydrogen-bond donors (Lipinski definition) is 1. The SMILES string of the molecule is NC(Cc1cccs1)C(F)F. The van der Waals surface area contributed by atoms with Gasteiger partial charge in [0.05, 0.1) is 6.04 Å². The van der Waals surface area contributed by atoms with E-state index in [0.29, 0.717) is 0 Å². The van der Waals surface area contributed by atoms with Crippen LogP contribution >= 0.6 is 11.3 Å². The molecule has 11 heavy (non-hydrogen) atoms. The summed E-state index contributed by atoms with van der Waals surface area (Å²) in [5.74, 6) is 0. The second-order valence-corrected chi connectivity index (χ2v) is 3.31. The predicted molar refractivity (Wildman–Crippen MR) is 42.0 cm³/mol. The quantitative estimate of drug-likeness (QED) is 0.749. The van der Waals surface area contributed by atoms with Crippen LogP contribution in [-0.2, 0) is 6.42 Å². The van der Waals surface area contributed by atoms with Gasteiger partial charge in [-0.05, 0) is 11.4 Å². The summed E-state index contributed by atoms with van der Waals surface area (Å²) >= 11 is 1.46. The van der Waals surface area contributed by atoms with Crippen molar-refractivity contribution in [1.29, 1.82) is 0 Å². The third-order valence-corrected chi connectivity index (χ3v) is 2.24. The molecular formula is C7H9F2NS. The minimum atomic E-state index is -2.42. The Morgan fingerprint density at radius 3 is 2.73 bits per heavy atom. The molecular weight excluding hydrogens is 168 g/mol. The highest BCUT2D eigenvalue weighted by molar-refractivity contribution is 7.09. The maximum Gasteiger partial charge on any atom is 0.253 e. The number of halogens is 2. The van der Waals surface area contributed by atoms with Crippen LogP contribution in [0.2, 0.25) is 0 Å². The lowest BCUT2D eigenvalue weighted by Gasteiger charge is -2.07. The molecule has 0 amide bonds. The van der Waals surface area contributed by atoms with Crippen LogP contribution in [0.25, 0.3) is 0 Å². The molecule has 0 bridgehead atoms. The monoisotopic (exact) mass is 177 g/mol. The third kappa shape index (κ3) is 2.55. The first-order chi connectivity index (χ1) is 5.20. The molecule has 0 aliphatic heterocycles. The standard InChI is InChI=1S/C7H9F2NS/c8-7(9)6(10)4-5-2-1-3-11-5/h1-3,6-7H,4,10H2. The van der Waals surface area contributed by atoms with Crippen molar-refractivity contribution in [2.45, 2.75) is 18.9 Å². The van der Waals surface area contributed by atoms with Crippen LogP contribution in [0.1, 0.15) is 4.88 Å². The van der Waals surface area contributed by atoms with Gasteiger partial charge in [-0.25, -0.2) is 8.78 Å². The fourth-order valence-corrected chi connectivity index (χ4v) is 1.53. The molecule has 0 saturated heterocycles. The van der Waals surface area contributed by atoms with E-state index in [-0.39, 0.29) is 6.42 Å². The highest BCUT2D eigenvalue weighted by Gasteiger charge is 2.15. The number of rotatable bonds is 3. The summed E-state index contributed by atoms with van der Waals surface area (Å²) in [5.41, 5.74) is 5.16. The van der Waals surface area contributed by atoms with E-state index in [1.807, 2.05) is 17.5 Å². The van der Waals surface area contributed by atoms with E-state index < -0.39 is 12.5 Å². The molecule has 1 aromatic heterocycles. The van der Waals surface area contributed by atoms with Crippen LogP contribution in [0.3, 0.4) is 0 Å². The average molecular weight is 177 g/mol. The highest BCUT2D eigenvalue weighted by Crippen LogP contribution is 2.12. The van der Waals surface area contributed by atoms with E-state index in [2.05, 4.69) is 0 Å². The van der Waals surface area contributed by atoms with Gasteiger partial charge < -0.3 is 5.73 Å². The first-order valence-electron chi connectivity index (χ1n) is 3.26. The van der Waals surface area contributed by atoms with Crippen molar-refractivity contribution in [2.24, 2.45) is 5.73 Å². The maximum absolute atomic E-state index is 11.9. The molecule has 1 rings (SSSR count).